The van der Waals surface area contributed by atoms with E-state index in [1.807, 2.05) is 24.3 Å². The third-order valence-corrected chi connectivity index (χ3v) is 2.54. The van der Waals surface area contributed by atoms with E-state index >= 15 is 0 Å². The van der Waals surface area contributed by atoms with Crippen LogP contribution >= 0.6 is 15.9 Å². The largest absolute Gasteiger partial charge is 0.469 e. The molecular weight excluding hydrogens is 258 g/mol. The van der Waals surface area contributed by atoms with Crippen molar-refractivity contribution >= 4 is 21.9 Å². The number of carbonyl (C=O) groups excluding carboxylic acids is 1. The van der Waals surface area contributed by atoms with Gasteiger partial charge in [-0.2, -0.15) is 0 Å². The van der Waals surface area contributed by atoms with Crippen LogP contribution in [-0.2, 0) is 16.0 Å². The summed E-state index contributed by atoms with van der Waals surface area (Å²) in [6.07, 6.45) is 0.928. The lowest BCUT2D eigenvalue weighted by molar-refractivity contribution is -0.140. The minimum atomic E-state index is -0.266. The second-order valence-electron chi connectivity index (χ2n) is 3.37. The van der Waals surface area contributed by atoms with Crippen molar-refractivity contribution in [2.75, 3.05) is 7.11 Å². The molecule has 0 aliphatic heterocycles. The van der Waals surface area contributed by atoms with Gasteiger partial charge in [0.15, 0.2) is 0 Å². The first-order valence-corrected chi connectivity index (χ1v) is 5.48. The highest BCUT2D eigenvalue weighted by Gasteiger charge is 2.10. The summed E-state index contributed by atoms with van der Waals surface area (Å²) in [5, 5.41) is 0. The quantitative estimate of drug-likeness (QED) is 0.851. The first-order chi connectivity index (χ1) is 7.11. The maximum atomic E-state index is 11.0. The standard InChI is InChI=1S/C11H14BrNO2/c1-15-11(14)7-10(13)6-8-3-2-4-9(12)5-8/h2-5,10H,6-7,13H2,1H3/t10-/m1/s1. The average Bonchev–Trinajstić information content (AvgIpc) is 2.17. The van der Waals surface area contributed by atoms with Gasteiger partial charge in [-0.3, -0.25) is 4.79 Å². The van der Waals surface area contributed by atoms with Crippen LogP contribution < -0.4 is 5.73 Å². The average molecular weight is 272 g/mol. The molecule has 1 aromatic carbocycles. The highest BCUT2D eigenvalue weighted by molar-refractivity contribution is 9.10. The molecule has 82 valence electrons. The monoisotopic (exact) mass is 271 g/mol. The third-order valence-electron chi connectivity index (χ3n) is 2.04. The number of halogens is 1. The summed E-state index contributed by atoms with van der Waals surface area (Å²) in [4.78, 5) is 11.0. The molecule has 15 heavy (non-hydrogen) atoms. The van der Waals surface area contributed by atoms with Crippen molar-refractivity contribution in [3.8, 4) is 0 Å². The fourth-order valence-corrected chi connectivity index (χ4v) is 1.78. The molecule has 0 bridgehead atoms. The molecule has 0 heterocycles. The smallest absolute Gasteiger partial charge is 0.307 e. The minimum absolute atomic E-state index is 0.188. The van der Waals surface area contributed by atoms with Crippen LogP contribution in [0.15, 0.2) is 28.7 Å². The fraction of sp³-hybridized carbons (Fsp3) is 0.364. The van der Waals surface area contributed by atoms with Crippen LogP contribution in [-0.4, -0.2) is 19.1 Å². The minimum Gasteiger partial charge on any atom is -0.469 e. The van der Waals surface area contributed by atoms with E-state index in [2.05, 4.69) is 20.7 Å². The van der Waals surface area contributed by atoms with Crippen LogP contribution in [0.25, 0.3) is 0 Å². The van der Waals surface area contributed by atoms with Gasteiger partial charge in [0.05, 0.1) is 13.5 Å². The summed E-state index contributed by atoms with van der Waals surface area (Å²) in [5.74, 6) is -0.266. The molecule has 0 aromatic heterocycles. The highest BCUT2D eigenvalue weighted by Crippen LogP contribution is 2.13. The van der Waals surface area contributed by atoms with Gasteiger partial charge in [0.2, 0.25) is 0 Å². The van der Waals surface area contributed by atoms with Crippen molar-refractivity contribution in [3.05, 3.63) is 34.3 Å². The van der Waals surface area contributed by atoms with Gasteiger partial charge in [-0.1, -0.05) is 28.1 Å². The Morgan fingerprint density at radius 1 is 1.60 bits per heavy atom. The van der Waals surface area contributed by atoms with E-state index < -0.39 is 0 Å². The van der Waals surface area contributed by atoms with Crippen LogP contribution in [0.5, 0.6) is 0 Å². The summed E-state index contributed by atoms with van der Waals surface area (Å²) in [6.45, 7) is 0. The fourth-order valence-electron chi connectivity index (χ4n) is 1.34. The summed E-state index contributed by atoms with van der Waals surface area (Å²) < 4.78 is 5.57. The third kappa shape index (κ3) is 4.44. The summed E-state index contributed by atoms with van der Waals surface area (Å²) in [6, 6.07) is 7.70. The van der Waals surface area contributed by atoms with E-state index in [-0.39, 0.29) is 18.4 Å². The van der Waals surface area contributed by atoms with E-state index in [9.17, 15) is 4.79 Å². The predicted molar refractivity (Wildman–Crippen MR) is 62.5 cm³/mol. The van der Waals surface area contributed by atoms with Crippen LogP contribution in [0, 0.1) is 0 Å². The lowest BCUT2D eigenvalue weighted by atomic mass is 10.0. The molecule has 0 amide bonds. The molecule has 4 heteroatoms. The second kappa shape index (κ2) is 5.88. The van der Waals surface area contributed by atoms with E-state index in [0.29, 0.717) is 6.42 Å². The first kappa shape index (κ1) is 12.2. The number of methoxy groups -OCH3 is 1. The Bertz CT molecular complexity index is 341. The number of hydrogen-bond acceptors (Lipinski definition) is 3. The van der Waals surface area contributed by atoms with Gasteiger partial charge in [0, 0.05) is 10.5 Å². The Morgan fingerprint density at radius 3 is 2.93 bits per heavy atom. The van der Waals surface area contributed by atoms with Crippen molar-refractivity contribution in [3.63, 3.8) is 0 Å². The second-order valence-corrected chi connectivity index (χ2v) is 4.29. The van der Waals surface area contributed by atoms with E-state index in [1.54, 1.807) is 0 Å². The van der Waals surface area contributed by atoms with Gasteiger partial charge >= 0.3 is 5.97 Å². The van der Waals surface area contributed by atoms with Gasteiger partial charge < -0.3 is 10.5 Å². The van der Waals surface area contributed by atoms with E-state index in [4.69, 9.17) is 5.73 Å². The zero-order valence-corrected chi connectivity index (χ0v) is 10.2. The molecule has 1 aromatic rings. The van der Waals surface area contributed by atoms with Crippen LogP contribution in [0.2, 0.25) is 0 Å². The molecule has 0 aliphatic rings. The molecule has 0 radical (unpaired) electrons. The molecule has 0 unspecified atom stereocenters. The molecule has 0 aliphatic carbocycles. The zero-order valence-electron chi connectivity index (χ0n) is 8.57. The number of nitrogens with two attached hydrogens (primary N) is 1. The first-order valence-electron chi connectivity index (χ1n) is 4.68. The highest BCUT2D eigenvalue weighted by atomic mass is 79.9. The van der Waals surface area contributed by atoms with Crippen molar-refractivity contribution in [2.45, 2.75) is 18.9 Å². The predicted octanol–water partition coefficient (Wildman–Crippen LogP) is 1.88. The maximum Gasteiger partial charge on any atom is 0.307 e. The number of hydrogen-bond donors (Lipinski definition) is 1. The molecule has 1 rings (SSSR count). The van der Waals surface area contributed by atoms with Crippen LogP contribution in [0.1, 0.15) is 12.0 Å². The van der Waals surface area contributed by atoms with Gasteiger partial charge in [0.25, 0.3) is 0 Å². The molecule has 3 nitrogen and oxygen atoms in total. The molecule has 2 N–H and O–H groups in total. The Morgan fingerprint density at radius 2 is 2.33 bits per heavy atom. The maximum absolute atomic E-state index is 11.0. The van der Waals surface area contributed by atoms with Crippen molar-refractivity contribution in [2.24, 2.45) is 5.73 Å². The van der Waals surface area contributed by atoms with Crippen LogP contribution in [0.4, 0.5) is 0 Å². The number of carbonyl (C=O) groups is 1. The summed E-state index contributed by atoms with van der Waals surface area (Å²) in [7, 11) is 1.37. The van der Waals surface area contributed by atoms with Crippen LogP contribution in [0.3, 0.4) is 0 Å². The normalized spacial score (nSPS) is 12.2. The lowest BCUT2D eigenvalue weighted by Crippen LogP contribution is -2.26. The molecule has 0 fully saturated rings. The van der Waals surface area contributed by atoms with Gasteiger partial charge in [-0.15, -0.1) is 0 Å². The van der Waals surface area contributed by atoms with Crippen molar-refractivity contribution < 1.29 is 9.53 Å². The summed E-state index contributed by atoms with van der Waals surface area (Å²) in [5.41, 5.74) is 6.93. The molecular formula is C11H14BrNO2. The van der Waals surface area contributed by atoms with E-state index in [0.717, 1.165) is 10.0 Å². The Labute approximate surface area is 97.7 Å². The Kier molecular flexibility index (Phi) is 4.78. The SMILES string of the molecule is COC(=O)C[C@H](N)Cc1cccc(Br)c1. The lowest BCUT2D eigenvalue weighted by Gasteiger charge is -2.10. The van der Waals surface area contributed by atoms with Gasteiger partial charge in [-0.05, 0) is 24.1 Å². The Balaban J connectivity index is 2.51. The molecule has 0 saturated heterocycles. The van der Waals surface area contributed by atoms with E-state index in [1.165, 1.54) is 7.11 Å². The van der Waals surface area contributed by atoms with Crippen molar-refractivity contribution in [1.29, 1.82) is 0 Å². The number of ether oxygens (including phenoxy) is 1. The number of benzene rings is 1. The molecule has 1 atom stereocenters. The number of rotatable bonds is 4. The number of esters is 1. The van der Waals surface area contributed by atoms with Gasteiger partial charge in [-0.25, -0.2) is 0 Å². The Hall–Kier alpha value is -0.870. The topological polar surface area (TPSA) is 52.3 Å². The van der Waals surface area contributed by atoms with Gasteiger partial charge in [0.1, 0.15) is 0 Å². The van der Waals surface area contributed by atoms with Crippen molar-refractivity contribution in [1.82, 2.24) is 0 Å². The summed E-state index contributed by atoms with van der Waals surface area (Å²) >= 11 is 3.38. The zero-order chi connectivity index (χ0) is 11.3. The molecule has 0 spiro atoms. The molecule has 0 saturated carbocycles.